The number of carbonyl (C=O) groups is 1. The summed E-state index contributed by atoms with van der Waals surface area (Å²) in [5.41, 5.74) is 3.04. The molecule has 128 valence electrons. The summed E-state index contributed by atoms with van der Waals surface area (Å²) >= 11 is 0. The Morgan fingerprint density at radius 2 is 1.81 bits per heavy atom. The number of benzene rings is 2. The molecule has 1 aliphatic heterocycles. The number of anilines is 1. The third-order valence-corrected chi connectivity index (χ3v) is 4.16. The van der Waals surface area contributed by atoms with Gasteiger partial charge in [-0.25, -0.2) is 4.99 Å². The minimum absolute atomic E-state index is 0.0340. The summed E-state index contributed by atoms with van der Waals surface area (Å²) in [5, 5.41) is 2.92. The van der Waals surface area contributed by atoms with Crippen LogP contribution in [0.3, 0.4) is 0 Å². The lowest BCUT2D eigenvalue weighted by molar-refractivity contribution is 0.102. The van der Waals surface area contributed by atoms with Crippen molar-refractivity contribution in [3.63, 3.8) is 0 Å². The van der Waals surface area contributed by atoms with E-state index in [1.54, 1.807) is 18.3 Å². The Morgan fingerprint density at radius 3 is 2.62 bits per heavy atom. The molecule has 1 aliphatic rings. The second-order valence-electron chi connectivity index (χ2n) is 5.91. The van der Waals surface area contributed by atoms with E-state index < -0.39 is 0 Å². The number of nitrogens with zero attached hydrogens (tertiary/aromatic N) is 2. The lowest BCUT2D eigenvalue weighted by atomic mass is 10.1. The van der Waals surface area contributed by atoms with Gasteiger partial charge in [0, 0.05) is 12.4 Å². The van der Waals surface area contributed by atoms with E-state index >= 15 is 0 Å². The lowest BCUT2D eigenvalue weighted by Crippen LogP contribution is -2.15. The fraction of sp³-hybridized carbons (Fsp3) is 0.0952. The minimum Gasteiger partial charge on any atom is -0.475 e. The predicted molar refractivity (Wildman–Crippen MR) is 100 cm³/mol. The zero-order valence-corrected chi connectivity index (χ0v) is 14.0. The highest BCUT2D eigenvalue weighted by atomic mass is 16.5. The smallest absolute Gasteiger partial charge is 0.257 e. The van der Waals surface area contributed by atoms with E-state index in [9.17, 15) is 4.79 Å². The molecular weight excluding hydrogens is 326 g/mol. The fourth-order valence-electron chi connectivity index (χ4n) is 2.84. The molecule has 5 nitrogen and oxygen atoms in total. The highest BCUT2D eigenvalue weighted by Crippen LogP contribution is 2.27. The monoisotopic (exact) mass is 343 g/mol. The average molecular weight is 343 g/mol. The summed E-state index contributed by atoms with van der Waals surface area (Å²) in [6.07, 6.45) is 3.17. The standard InChI is InChI=1S/C21H17N3O2/c25-20(16-9-6-12-22-13-16)23-18-11-5-4-10-17(18)21-24-19(14-26-21)15-7-2-1-3-8-15/h1-13,19H,14H2,(H,23,25). The van der Waals surface area contributed by atoms with Crippen LogP contribution in [0.25, 0.3) is 0 Å². The number of pyridine rings is 1. The number of ether oxygens (including phenoxy) is 1. The van der Waals surface area contributed by atoms with Crippen LogP contribution < -0.4 is 5.32 Å². The van der Waals surface area contributed by atoms with Crippen LogP contribution in [0, 0.1) is 0 Å². The van der Waals surface area contributed by atoms with Crippen molar-refractivity contribution in [3.05, 3.63) is 95.8 Å². The summed E-state index contributed by atoms with van der Waals surface area (Å²) in [6.45, 7) is 0.490. The van der Waals surface area contributed by atoms with E-state index in [0.717, 1.165) is 11.1 Å². The molecule has 4 rings (SSSR count). The molecule has 1 N–H and O–H groups in total. The van der Waals surface area contributed by atoms with Crippen molar-refractivity contribution in [3.8, 4) is 0 Å². The van der Waals surface area contributed by atoms with E-state index in [4.69, 9.17) is 9.73 Å². The summed E-state index contributed by atoms with van der Waals surface area (Å²) in [5.74, 6) is 0.324. The van der Waals surface area contributed by atoms with Crippen molar-refractivity contribution < 1.29 is 9.53 Å². The van der Waals surface area contributed by atoms with Crippen LogP contribution in [0.4, 0.5) is 5.69 Å². The van der Waals surface area contributed by atoms with Crippen LogP contribution in [0.2, 0.25) is 0 Å². The topological polar surface area (TPSA) is 63.6 Å². The molecular formula is C21H17N3O2. The Morgan fingerprint density at radius 1 is 1.00 bits per heavy atom. The second-order valence-corrected chi connectivity index (χ2v) is 5.91. The maximum atomic E-state index is 12.4. The van der Waals surface area contributed by atoms with E-state index in [-0.39, 0.29) is 11.9 Å². The molecule has 2 aromatic carbocycles. The molecule has 0 saturated heterocycles. The Labute approximate surface area is 151 Å². The van der Waals surface area contributed by atoms with Crippen LogP contribution in [0.15, 0.2) is 84.1 Å². The Balaban J connectivity index is 1.59. The third-order valence-electron chi connectivity index (χ3n) is 4.16. The van der Waals surface area contributed by atoms with Crippen LogP contribution in [-0.2, 0) is 4.74 Å². The van der Waals surface area contributed by atoms with Gasteiger partial charge in [0.1, 0.15) is 12.6 Å². The highest BCUT2D eigenvalue weighted by molar-refractivity contribution is 6.09. The maximum Gasteiger partial charge on any atom is 0.257 e. The number of aromatic nitrogens is 1. The van der Waals surface area contributed by atoms with Crippen LogP contribution in [0.1, 0.15) is 27.5 Å². The van der Waals surface area contributed by atoms with Gasteiger partial charge in [0.25, 0.3) is 5.91 Å². The molecule has 1 amide bonds. The molecule has 5 heteroatoms. The van der Waals surface area contributed by atoms with Gasteiger partial charge >= 0.3 is 0 Å². The van der Waals surface area contributed by atoms with Crippen LogP contribution in [-0.4, -0.2) is 23.4 Å². The van der Waals surface area contributed by atoms with E-state index in [1.807, 2.05) is 54.6 Å². The van der Waals surface area contributed by atoms with Gasteiger partial charge in [-0.15, -0.1) is 0 Å². The lowest BCUT2D eigenvalue weighted by Gasteiger charge is -2.10. The molecule has 26 heavy (non-hydrogen) atoms. The first-order chi connectivity index (χ1) is 12.8. The number of para-hydroxylation sites is 1. The maximum absolute atomic E-state index is 12.4. The first-order valence-corrected chi connectivity index (χ1v) is 8.37. The molecule has 1 aromatic heterocycles. The molecule has 3 aromatic rings. The van der Waals surface area contributed by atoms with Gasteiger partial charge in [0.2, 0.25) is 5.90 Å². The Kier molecular flexibility index (Phi) is 4.43. The number of hydrogen-bond donors (Lipinski definition) is 1. The van der Waals surface area contributed by atoms with E-state index in [1.165, 1.54) is 6.20 Å². The highest BCUT2D eigenvalue weighted by Gasteiger charge is 2.23. The van der Waals surface area contributed by atoms with Gasteiger partial charge in [-0.05, 0) is 29.8 Å². The molecule has 0 aliphatic carbocycles. The van der Waals surface area contributed by atoms with Crippen molar-refractivity contribution >= 4 is 17.5 Å². The number of hydrogen-bond acceptors (Lipinski definition) is 4. The van der Waals surface area contributed by atoms with E-state index in [0.29, 0.717) is 23.8 Å². The first-order valence-electron chi connectivity index (χ1n) is 8.37. The van der Waals surface area contributed by atoms with Gasteiger partial charge in [-0.1, -0.05) is 42.5 Å². The van der Waals surface area contributed by atoms with E-state index in [2.05, 4.69) is 10.3 Å². The summed E-state index contributed by atoms with van der Waals surface area (Å²) in [7, 11) is 0. The number of amides is 1. The Bertz CT molecular complexity index is 940. The quantitative estimate of drug-likeness (QED) is 0.782. The van der Waals surface area contributed by atoms with Gasteiger partial charge in [0.05, 0.1) is 16.8 Å². The zero-order chi connectivity index (χ0) is 17.8. The molecule has 0 bridgehead atoms. The summed E-state index contributed by atoms with van der Waals surface area (Å²) in [4.78, 5) is 21.1. The zero-order valence-electron chi connectivity index (χ0n) is 14.0. The summed E-state index contributed by atoms with van der Waals surface area (Å²) in [6, 6.07) is 21.0. The van der Waals surface area contributed by atoms with Gasteiger partial charge < -0.3 is 10.1 Å². The third kappa shape index (κ3) is 3.32. The van der Waals surface area contributed by atoms with Crippen molar-refractivity contribution in [1.82, 2.24) is 4.98 Å². The number of nitrogens with one attached hydrogen (secondary N) is 1. The van der Waals surface area contributed by atoms with Crippen LogP contribution in [0.5, 0.6) is 0 Å². The molecule has 2 heterocycles. The van der Waals surface area contributed by atoms with Crippen molar-refractivity contribution in [2.45, 2.75) is 6.04 Å². The molecule has 1 unspecified atom stereocenters. The Hall–Kier alpha value is -3.47. The van der Waals surface area contributed by atoms with Crippen molar-refractivity contribution in [2.75, 3.05) is 11.9 Å². The molecule has 0 radical (unpaired) electrons. The van der Waals surface area contributed by atoms with Crippen molar-refractivity contribution in [1.29, 1.82) is 0 Å². The minimum atomic E-state index is -0.219. The average Bonchev–Trinajstić information content (AvgIpc) is 3.20. The summed E-state index contributed by atoms with van der Waals surface area (Å²) < 4.78 is 5.82. The largest absolute Gasteiger partial charge is 0.475 e. The SMILES string of the molecule is O=C(Nc1ccccc1C1=NC(c2ccccc2)CO1)c1cccnc1. The normalized spacial score (nSPS) is 15.8. The molecule has 0 saturated carbocycles. The van der Waals surface area contributed by atoms with Crippen molar-refractivity contribution in [2.24, 2.45) is 4.99 Å². The van der Waals surface area contributed by atoms with Gasteiger partial charge in [-0.2, -0.15) is 0 Å². The number of aliphatic imine (C=N–C) groups is 1. The first kappa shape index (κ1) is 16.0. The van der Waals surface area contributed by atoms with Crippen LogP contribution >= 0.6 is 0 Å². The molecule has 0 spiro atoms. The fourth-order valence-corrected chi connectivity index (χ4v) is 2.84. The number of rotatable bonds is 4. The number of carbonyl (C=O) groups excluding carboxylic acids is 1. The second kappa shape index (κ2) is 7.19. The van der Waals surface area contributed by atoms with Gasteiger partial charge in [-0.3, -0.25) is 9.78 Å². The van der Waals surface area contributed by atoms with Gasteiger partial charge in [0.15, 0.2) is 0 Å². The molecule has 1 atom stereocenters. The molecule has 0 fully saturated rings. The predicted octanol–water partition coefficient (Wildman–Crippen LogP) is 3.85.